The predicted octanol–water partition coefficient (Wildman–Crippen LogP) is 2.39. The summed E-state index contributed by atoms with van der Waals surface area (Å²) in [6.45, 7) is 3.59. The molecule has 2 aromatic carbocycles. The quantitative estimate of drug-likeness (QED) is 0.284. The lowest BCUT2D eigenvalue weighted by atomic mass is 9.98. The highest BCUT2D eigenvalue weighted by Gasteiger charge is 2.44. The molecule has 1 fully saturated rings. The van der Waals surface area contributed by atoms with Crippen molar-refractivity contribution in [1.82, 2.24) is 4.90 Å². The normalized spacial score (nSPS) is 17.4. The Morgan fingerprint density at radius 3 is 2.51 bits per heavy atom. The number of nitrogens with one attached hydrogen (secondary N) is 1. The molecule has 6 nitrogen and oxygen atoms in total. The van der Waals surface area contributed by atoms with Gasteiger partial charge >= 0.3 is 0 Å². The molecule has 3 aromatic rings. The molecule has 1 aromatic heterocycles. The maximum Gasteiger partial charge on any atom is 0.295 e. The van der Waals surface area contributed by atoms with Gasteiger partial charge in [-0.05, 0) is 47.2 Å². The molecular weight excluding hydrogens is 460 g/mol. The number of benzene rings is 2. The van der Waals surface area contributed by atoms with Gasteiger partial charge in [-0.15, -0.1) is 11.3 Å². The van der Waals surface area contributed by atoms with Crippen LogP contribution in [0.4, 0.5) is 0 Å². The Bertz CT molecular complexity index is 1220. The number of carbonyl (C=O) groups excluding carboxylic acids is 2. The van der Waals surface area contributed by atoms with Crippen LogP contribution in [0.1, 0.15) is 34.0 Å². The van der Waals surface area contributed by atoms with Gasteiger partial charge in [0, 0.05) is 23.4 Å². The van der Waals surface area contributed by atoms with E-state index in [0.29, 0.717) is 24.5 Å². The number of carbonyl (C=O) groups is 2. The molecule has 0 aliphatic carbocycles. The molecular formula is C28H30N2O4S. The number of hydrogen-bond acceptors (Lipinski definition) is 5. The molecule has 4 rings (SSSR count). The van der Waals surface area contributed by atoms with E-state index in [9.17, 15) is 14.7 Å². The molecule has 35 heavy (non-hydrogen) atoms. The summed E-state index contributed by atoms with van der Waals surface area (Å²) in [7, 11) is 4.09. The molecule has 1 amide bonds. The Morgan fingerprint density at radius 1 is 1.09 bits per heavy atom. The summed E-state index contributed by atoms with van der Waals surface area (Å²) in [6.07, 6.45) is 0.747. The average Bonchev–Trinajstić information content (AvgIpc) is 3.46. The molecule has 1 saturated heterocycles. The van der Waals surface area contributed by atoms with Crippen molar-refractivity contribution >= 4 is 28.8 Å². The zero-order valence-corrected chi connectivity index (χ0v) is 21.1. The van der Waals surface area contributed by atoms with Gasteiger partial charge in [-0.3, -0.25) is 9.59 Å². The number of Topliss-reactive ketones (excluding diaryl/α,β-unsaturated/α-hetero) is 1. The summed E-state index contributed by atoms with van der Waals surface area (Å²) in [5.74, 6) is -1.03. The first-order chi connectivity index (χ1) is 16.9. The third kappa shape index (κ3) is 5.47. The van der Waals surface area contributed by atoms with Crippen LogP contribution in [0.2, 0.25) is 0 Å². The van der Waals surface area contributed by atoms with Crippen molar-refractivity contribution in [2.24, 2.45) is 0 Å². The Kier molecular flexibility index (Phi) is 7.68. The number of nitrogens with zero attached hydrogens (tertiary/aromatic N) is 1. The molecule has 0 saturated carbocycles. The fourth-order valence-corrected chi connectivity index (χ4v) is 5.14. The highest BCUT2D eigenvalue weighted by Crippen LogP contribution is 2.40. The van der Waals surface area contributed by atoms with Gasteiger partial charge in [-0.1, -0.05) is 48.2 Å². The molecule has 2 heterocycles. The van der Waals surface area contributed by atoms with Crippen LogP contribution in [0, 0.1) is 6.92 Å². The van der Waals surface area contributed by atoms with E-state index in [1.54, 1.807) is 23.1 Å². The Balaban J connectivity index is 1.63. The summed E-state index contributed by atoms with van der Waals surface area (Å²) < 4.78 is 5.93. The third-order valence-electron chi connectivity index (χ3n) is 6.09. The Hall–Kier alpha value is -3.42. The summed E-state index contributed by atoms with van der Waals surface area (Å²) in [6, 6.07) is 18.1. The molecule has 0 bridgehead atoms. The second-order valence-electron chi connectivity index (χ2n) is 9.05. The molecule has 182 valence electrons. The van der Waals surface area contributed by atoms with Crippen LogP contribution in [-0.2, 0) is 16.2 Å². The van der Waals surface area contributed by atoms with E-state index in [2.05, 4.69) is 0 Å². The number of ketones is 1. The zero-order chi connectivity index (χ0) is 24.9. The highest BCUT2D eigenvalue weighted by molar-refractivity contribution is 7.10. The summed E-state index contributed by atoms with van der Waals surface area (Å²) >= 11 is 1.45. The van der Waals surface area contributed by atoms with Gasteiger partial charge in [0.05, 0.1) is 26.7 Å². The molecule has 1 aliphatic rings. The smallest absolute Gasteiger partial charge is 0.295 e. The fourth-order valence-electron chi connectivity index (χ4n) is 4.29. The number of aryl methyl sites for hydroxylation is 1. The largest absolute Gasteiger partial charge is 0.872 e. The van der Waals surface area contributed by atoms with Crippen molar-refractivity contribution in [2.45, 2.75) is 26.0 Å². The molecule has 0 spiro atoms. The number of hydrogen-bond donors (Lipinski definition) is 1. The number of quaternary nitrogens is 1. The first kappa shape index (κ1) is 24.7. The molecule has 0 radical (unpaired) electrons. The van der Waals surface area contributed by atoms with Crippen LogP contribution in [0.3, 0.4) is 0 Å². The number of thiophene rings is 1. The van der Waals surface area contributed by atoms with Crippen LogP contribution in [0.15, 0.2) is 71.6 Å². The zero-order valence-electron chi connectivity index (χ0n) is 20.2. The minimum atomic E-state index is -0.701. The lowest BCUT2D eigenvalue weighted by Crippen LogP contribution is -3.05. The van der Waals surface area contributed by atoms with Gasteiger partial charge in [-0.25, -0.2) is 0 Å². The van der Waals surface area contributed by atoms with Crippen molar-refractivity contribution in [3.63, 3.8) is 0 Å². The van der Waals surface area contributed by atoms with Crippen molar-refractivity contribution in [2.75, 3.05) is 27.2 Å². The van der Waals surface area contributed by atoms with Gasteiger partial charge in [0.15, 0.2) is 0 Å². The Labute approximate surface area is 210 Å². The monoisotopic (exact) mass is 490 g/mol. The van der Waals surface area contributed by atoms with Crippen LogP contribution in [-0.4, -0.2) is 43.8 Å². The van der Waals surface area contributed by atoms with E-state index in [-0.39, 0.29) is 5.57 Å². The van der Waals surface area contributed by atoms with E-state index >= 15 is 0 Å². The number of likely N-dealkylation sites (tertiary alicyclic amines) is 1. The topological polar surface area (TPSA) is 74.1 Å². The van der Waals surface area contributed by atoms with Gasteiger partial charge in [0.2, 0.25) is 5.78 Å². The molecule has 1 atom stereocenters. The fraction of sp³-hybridized carbons (Fsp3) is 0.286. The van der Waals surface area contributed by atoms with E-state index in [4.69, 9.17) is 4.74 Å². The lowest BCUT2D eigenvalue weighted by molar-refractivity contribution is -0.858. The Morgan fingerprint density at radius 2 is 1.86 bits per heavy atom. The van der Waals surface area contributed by atoms with Crippen molar-refractivity contribution < 1.29 is 24.3 Å². The van der Waals surface area contributed by atoms with Crippen molar-refractivity contribution in [3.8, 4) is 5.75 Å². The second kappa shape index (κ2) is 10.9. The van der Waals surface area contributed by atoms with Crippen molar-refractivity contribution in [3.05, 3.63) is 93.2 Å². The van der Waals surface area contributed by atoms with E-state index in [1.165, 1.54) is 16.2 Å². The molecule has 1 unspecified atom stereocenters. The average molecular weight is 491 g/mol. The SMILES string of the molecule is Cc1cc(/C([O-])=C2\C(=O)C(=O)N(CCC[NH+](C)C)C2c2cccs2)ccc1OCc1ccccc1. The summed E-state index contributed by atoms with van der Waals surface area (Å²) in [5.41, 5.74) is 2.26. The summed E-state index contributed by atoms with van der Waals surface area (Å²) in [5, 5.41) is 15.5. The third-order valence-corrected chi connectivity index (χ3v) is 7.02. The first-order valence-electron chi connectivity index (χ1n) is 11.7. The van der Waals surface area contributed by atoms with Gasteiger partial charge < -0.3 is 19.6 Å². The number of ether oxygens (including phenoxy) is 1. The van der Waals surface area contributed by atoms with Crippen LogP contribution in [0.5, 0.6) is 5.75 Å². The first-order valence-corrected chi connectivity index (χ1v) is 12.6. The van der Waals surface area contributed by atoms with E-state index in [1.807, 2.05) is 68.9 Å². The molecule has 7 heteroatoms. The van der Waals surface area contributed by atoms with E-state index in [0.717, 1.165) is 29.0 Å². The standard InChI is InChI=1S/C28H30N2O4S/c1-19-17-21(12-13-22(19)34-18-20-9-5-4-6-10-20)26(31)24-25(23-11-7-16-35-23)30(28(33)27(24)32)15-8-14-29(2)3/h4-7,9-13,16-17,25,31H,8,14-15,18H2,1-3H3/b26-24+. The number of rotatable bonds is 9. The lowest BCUT2D eigenvalue weighted by Gasteiger charge is -2.26. The molecule has 1 aliphatic heterocycles. The highest BCUT2D eigenvalue weighted by atomic mass is 32.1. The van der Waals surface area contributed by atoms with Crippen LogP contribution in [0.25, 0.3) is 5.76 Å². The minimum Gasteiger partial charge on any atom is -0.872 e. The van der Waals surface area contributed by atoms with Crippen LogP contribution < -0.4 is 14.7 Å². The van der Waals surface area contributed by atoms with E-state index < -0.39 is 23.5 Å². The number of amides is 1. The predicted molar refractivity (Wildman–Crippen MR) is 135 cm³/mol. The maximum atomic E-state index is 13.6. The van der Waals surface area contributed by atoms with Crippen molar-refractivity contribution in [1.29, 1.82) is 0 Å². The maximum absolute atomic E-state index is 13.6. The minimum absolute atomic E-state index is 0.0343. The second-order valence-corrected chi connectivity index (χ2v) is 10.0. The summed E-state index contributed by atoms with van der Waals surface area (Å²) in [4.78, 5) is 29.7. The van der Waals surface area contributed by atoms with Gasteiger partial charge in [0.25, 0.3) is 5.91 Å². The van der Waals surface area contributed by atoms with Crippen LogP contribution >= 0.6 is 11.3 Å². The van der Waals surface area contributed by atoms with Gasteiger partial charge in [-0.2, -0.15) is 0 Å². The molecule has 1 N–H and O–H groups in total. The van der Waals surface area contributed by atoms with Gasteiger partial charge in [0.1, 0.15) is 12.4 Å².